The number of rotatable bonds is 1. The first-order valence-corrected chi connectivity index (χ1v) is 4.23. The molecule has 0 spiro atoms. The molecular weight excluding hydrogens is 233 g/mol. The number of alkyl halides is 3. The van der Waals surface area contributed by atoms with E-state index in [0.717, 1.165) is 0 Å². The third kappa shape index (κ3) is 3.13. The molecule has 2 nitrogen and oxygen atoms in total. The average Bonchev–Trinajstić information content (AvgIpc) is 2.09. The van der Waals surface area contributed by atoms with Gasteiger partial charge in [0, 0.05) is 0 Å². The number of carbonyl (C=O) groups excluding carboxylic acids is 1. The molecule has 0 aliphatic rings. The van der Waals surface area contributed by atoms with Gasteiger partial charge in [0.2, 0.25) is 0 Å². The highest BCUT2D eigenvalue weighted by Crippen LogP contribution is 2.27. The van der Waals surface area contributed by atoms with Gasteiger partial charge in [-0.05, 0) is 24.6 Å². The van der Waals surface area contributed by atoms with E-state index in [2.05, 4.69) is 4.74 Å². The quantitative estimate of drug-likeness (QED) is 0.555. The van der Waals surface area contributed by atoms with E-state index < -0.39 is 12.1 Å². The van der Waals surface area contributed by atoms with Crippen LogP contribution in [0.1, 0.15) is 5.56 Å². The Labute approximate surface area is 88.6 Å². The molecule has 0 aromatic heterocycles. The second-order valence-corrected chi connectivity index (χ2v) is 3.23. The topological polar surface area (TPSA) is 26.3 Å². The van der Waals surface area contributed by atoms with Crippen LogP contribution in [-0.4, -0.2) is 12.1 Å². The van der Waals surface area contributed by atoms with E-state index in [1.165, 1.54) is 12.1 Å². The normalized spacial score (nSPS) is 11.3. The minimum absolute atomic E-state index is 0.0433. The van der Waals surface area contributed by atoms with Crippen LogP contribution >= 0.6 is 11.6 Å². The summed E-state index contributed by atoms with van der Waals surface area (Å²) < 4.78 is 39.6. The van der Waals surface area contributed by atoms with Crippen molar-refractivity contribution in [3.63, 3.8) is 0 Å². The van der Waals surface area contributed by atoms with Gasteiger partial charge in [0.1, 0.15) is 5.75 Å². The van der Waals surface area contributed by atoms with Gasteiger partial charge in [-0.3, -0.25) is 0 Å². The summed E-state index contributed by atoms with van der Waals surface area (Å²) in [5.41, 5.74) is 0.643. The molecule has 0 bridgehead atoms. The minimum atomic E-state index is -5.02. The van der Waals surface area contributed by atoms with Crippen molar-refractivity contribution < 1.29 is 22.7 Å². The standard InChI is InChI=1S/C9H6ClF3O2/c1-5-2-3-6(10)7(4-5)15-8(14)9(11,12)13/h2-4H,1H3. The Bertz CT molecular complexity index is 387. The van der Waals surface area contributed by atoms with Crippen molar-refractivity contribution in [1.29, 1.82) is 0 Å². The van der Waals surface area contributed by atoms with E-state index in [1.54, 1.807) is 13.0 Å². The zero-order valence-electron chi connectivity index (χ0n) is 7.56. The maximum absolute atomic E-state index is 11.8. The average molecular weight is 239 g/mol. The Hall–Kier alpha value is -1.23. The Morgan fingerprint density at radius 2 is 2.00 bits per heavy atom. The van der Waals surface area contributed by atoms with Crippen LogP contribution in [0, 0.1) is 6.92 Å². The third-order valence-corrected chi connectivity index (χ3v) is 1.83. The second kappa shape index (κ2) is 4.10. The number of aryl methyl sites for hydroxylation is 1. The van der Waals surface area contributed by atoms with Gasteiger partial charge in [-0.2, -0.15) is 13.2 Å². The SMILES string of the molecule is Cc1ccc(Cl)c(OC(=O)C(F)(F)F)c1. The van der Waals surface area contributed by atoms with Gasteiger partial charge in [-0.25, -0.2) is 4.79 Å². The number of carbonyl (C=O) groups is 1. The first kappa shape index (κ1) is 11.8. The maximum atomic E-state index is 11.8. The fraction of sp³-hybridized carbons (Fsp3) is 0.222. The lowest BCUT2D eigenvalue weighted by Gasteiger charge is -2.08. The zero-order chi connectivity index (χ0) is 11.6. The van der Waals surface area contributed by atoms with Gasteiger partial charge in [-0.1, -0.05) is 17.7 Å². The molecule has 15 heavy (non-hydrogen) atoms. The number of ether oxygens (including phenoxy) is 1. The molecule has 0 heterocycles. The first-order valence-electron chi connectivity index (χ1n) is 3.86. The molecule has 82 valence electrons. The van der Waals surface area contributed by atoms with E-state index >= 15 is 0 Å². The highest BCUT2D eigenvalue weighted by atomic mass is 35.5. The lowest BCUT2D eigenvalue weighted by molar-refractivity contribution is -0.189. The molecule has 6 heteroatoms. The molecule has 0 aliphatic heterocycles. The van der Waals surface area contributed by atoms with Crippen molar-refractivity contribution >= 4 is 17.6 Å². The molecule has 0 radical (unpaired) electrons. The molecule has 0 unspecified atom stereocenters. The van der Waals surface area contributed by atoms with Gasteiger partial charge in [-0.15, -0.1) is 0 Å². The number of hydrogen-bond acceptors (Lipinski definition) is 2. The molecule has 1 rings (SSSR count). The van der Waals surface area contributed by atoms with Gasteiger partial charge >= 0.3 is 12.1 Å². The van der Waals surface area contributed by atoms with Crippen LogP contribution in [0.15, 0.2) is 18.2 Å². The Morgan fingerprint density at radius 1 is 1.40 bits per heavy atom. The summed E-state index contributed by atoms with van der Waals surface area (Å²) in [4.78, 5) is 10.5. The first-order chi connectivity index (χ1) is 6.80. The van der Waals surface area contributed by atoms with Crippen molar-refractivity contribution in [2.45, 2.75) is 13.1 Å². The van der Waals surface area contributed by atoms with Crippen LogP contribution in [0.2, 0.25) is 5.02 Å². The van der Waals surface area contributed by atoms with Gasteiger partial charge in [0.15, 0.2) is 0 Å². The molecule has 0 saturated carbocycles. The summed E-state index contributed by atoms with van der Waals surface area (Å²) in [5, 5.41) is -0.0433. The number of esters is 1. The van der Waals surface area contributed by atoms with Gasteiger partial charge < -0.3 is 4.74 Å². The Morgan fingerprint density at radius 3 is 2.53 bits per heavy atom. The minimum Gasteiger partial charge on any atom is -0.418 e. The Balaban J connectivity index is 2.90. The van der Waals surface area contributed by atoms with Crippen molar-refractivity contribution in [2.75, 3.05) is 0 Å². The summed E-state index contributed by atoms with van der Waals surface area (Å²) in [6.07, 6.45) is -5.02. The molecule has 1 aromatic carbocycles. The fourth-order valence-electron chi connectivity index (χ4n) is 0.847. The smallest absolute Gasteiger partial charge is 0.418 e. The predicted octanol–water partition coefficient (Wildman–Crippen LogP) is 3.12. The van der Waals surface area contributed by atoms with E-state index in [4.69, 9.17) is 11.6 Å². The summed E-state index contributed by atoms with van der Waals surface area (Å²) in [5.74, 6) is -2.58. The summed E-state index contributed by atoms with van der Waals surface area (Å²) in [6.45, 7) is 1.64. The molecule has 0 saturated heterocycles. The Kier molecular flexibility index (Phi) is 3.24. The van der Waals surface area contributed by atoms with Gasteiger partial charge in [0.25, 0.3) is 0 Å². The van der Waals surface area contributed by atoms with E-state index in [1.807, 2.05) is 0 Å². The van der Waals surface area contributed by atoms with Crippen LogP contribution in [-0.2, 0) is 4.79 Å². The van der Waals surface area contributed by atoms with Crippen LogP contribution in [0.3, 0.4) is 0 Å². The fourth-order valence-corrected chi connectivity index (χ4v) is 1.00. The third-order valence-electron chi connectivity index (χ3n) is 1.52. The van der Waals surface area contributed by atoms with E-state index in [0.29, 0.717) is 5.56 Å². The highest BCUT2D eigenvalue weighted by molar-refractivity contribution is 6.32. The number of hydrogen-bond donors (Lipinski definition) is 0. The molecule has 0 aliphatic carbocycles. The molecule has 0 atom stereocenters. The van der Waals surface area contributed by atoms with Crippen LogP contribution in [0.4, 0.5) is 13.2 Å². The van der Waals surface area contributed by atoms with Crippen molar-refractivity contribution in [1.82, 2.24) is 0 Å². The van der Waals surface area contributed by atoms with Crippen LogP contribution < -0.4 is 4.74 Å². The number of benzene rings is 1. The lowest BCUT2D eigenvalue weighted by atomic mass is 10.2. The predicted molar refractivity (Wildman–Crippen MR) is 47.9 cm³/mol. The van der Waals surface area contributed by atoms with Crippen LogP contribution in [0.25, 0.3) is 0 Å². The molecule has 0 amide bonds. The van der Waals surface area contributed by atoms with Crippen molar-refractivity contribution in [3.8, 4) is 5.75 Å². The number of halogens is 4. The molecule has 0 fully saturated rings. The summed E-state index contributed by atoms with van der Waals surface area (Å²) in [6, 6.07) is 4.20. The highest BCUT2D eigenvalue weighted by Gasteiger charge is 2.41. The lowest BCUT2D eigenvalue weighted by Crippen LogP contribution is -2.28. The monoisotopic (exact) mass is 238 g/mol. The van der Waals surface area contributed by atoms with E-state index in [9.17, 15) is 18.0 Å². The van der Waals surface area contributed by atoms with Gasteiger partial charge in [0.05, 0.1) is 5.02 Å². The maximum Gasteiger partial charge on any atom is 0.491 e. The van der Waals surface area contributed by atoms with Crippen LogP contribution in [0.5, 0.6) is 5.75 Å². The largest absolute Gasteiger partial charge is 0.491 e. The zero-order valence-corrected chi connectivity index (χ0v) is 8.32. The van der Waals surface area contributed by atoms with Crippen molar-refractivity contribution in [2.24, 2.45) is 0 Å². The summed E-state index contributed by atoms with van der Waals surface area (Å²) in [7, 11) is 0. The molecule has 0 N–H and O–H groups in total. The second-order valence-electron chi connectivity index (χ2n) is 2.82. The van der Waals surface area contributed by atoms with Crippen molar-refractivity contribution in [3.05, 3.63) is 28.8 Å². The molecule has 1 aromatic rings. The summed E-state index contributed by atoms with van der Waals surface area (Å²) >= 11 is 5.55. The van der Waals surface area contributed by atoms with E-state index in [-0.39, 0.29) is 10.8 Å². The molecular formula is C9H6ClF3O2.